The van der Waals surface area contributed by atoms with Crippen LogP contribution in [0.3, 0.4) is 0 Å². The molecule has 0 aliphatic rings. The van der Waals surface area contributed by atoms with Crippen molar-refractivity contribution in [3.8, 4) is 0 Å². The molecule has 0 heterocycles. The van der Waals surface area contributed by atoms with Gasteiger partial charge in [0.2, 0.25) is 0 Å². The summed E-state index contributed by atoms with van der Waals surface area (Å²) in [4.78, 5) is 38.4. The number of unbranched alkanes of at least 4 members (excludes halogenated alkanes) is 51. The summed E-state index contributed by atoms with van der Waals surface area (Å²) in [6, 6.07) is 0. The summed E-state index contributed by atoms with van der Waals surface area (Å²) in [6.45, 7) is 6.70. The van der Waals surface area contributed by atoms with Gasteiger partial charge < -0.3 is 14.2 Å². The molecular weight excluding hydrogens is 961 g/mol. The Morgan fingerprint density at radius 3 is 0.731 bits per heavy atom. The molecule has 0 aromatic heterocycles. The first-order chi connectivity index (χ1) is 38.5. The highest BCUT2D eigenvalue weighted by Crippen LogP contribution is 2.19. The van der Waals surface area contributed by atoms with Gasteiger partial charge in [0.1, 0.15) is 13.2 Å². The molecule has 0 saturated heterocycles. The second-order valence-corrected chi connectivity index (χ2v) is 24.2. The minimum absolute atomic E-state index is 0.0671. The quantitative estimate of drug-likeness (QED) is 0.0261. The number of hydrogen-bond donors (Lipinski definition) is 0. The van der Waals surface area contributed by atoms with E-state index in [1.165, 1.54) is 289 Å². The zero-order valence-corrected chi connectivity index (χ0v) is 53.0. The molecule has 0 aromatic carbocycles. The van der Waals surface area contributed by atoms with E-state index in [-0.39, 0.29) is 31.1 Å². The van der Waals surface area contributed by atoms with E-state index in [1.807, 2.05) is 0 Å². The molecule has 1 atom stereocenters. The minimum Gasteiger partial charge on any atom is -0.462 e. The van der Waals surface area contributed by atoms with Gasteiger partial charge in [-0.05, 0) is 51.4 Å². The molecule has 0 N–H and O–H groups in total. The van der Waals surface area contributed by atoms with Crippen molar-refractivity contribution in [2.45, 2.75) is 406 Å². The molecule has 0 spiro atoms. The summed E-state index contributed by atoms with van der Waals surface area (Å²) >= 11 is 0. The number of carbonyl (C=O) groups is 3. The Bertz CT molecular complexity index is 1260. The van der Waals surface area contributed by atoms with Crippen LogP contribution in [0.5, 0.6) is 0 Å². The number of rotatable bonds is 66. The normalized spacial score (nSPS) is 12.1. The lowest BCUT2D eigenvalue weighted by molar-refractivity contribution is -0.167. The molecule has 460 valence electrons. The summed E-state index contributed by atoms with van der Waals surface area (Å²) in [6.07, 6.45) is 82.0. The van der Waals surface area contributed by atoms with Crippen LogP contribution in [0.2, 0.25) is 0 Å². The van der Waals surface area contributed by atoms with E-state index in [0.717, 1.165) is 70.6 Å². The molecule has 78 heavy (non-hydrogen) atoms. The molecule has 0 rings (SSSR count). The standard InChI is InChI=1S/C72H136O6/c1-4-7-10-13-16-19-22-25-28-31-33-34-35-36-37-38-39-42-44-47-50-53-56-59-62-65-71(74)77-68-69(67-76-70(73)64-61-58-55-52-49-46-43-40-30-27-24-21-18-15-12-9-6-3)78-72(75)66-63-60-57-54-51-48-45-41-32-29-26-23-20-17-14-11-8-5-2/h18,21,27,30,69H,4-17,19-20,22-26,28-29,31-68H2,1-3H3/b21-18-,30-27-. The second kappa shape index (κ2) is 67.4. The highest BCUT2D eigenvalue weighted by atomic mass is 16.6. The van der Waals surface area contributed by atoms with Crippen molar-refractivity contribution >= 4 is 17.9 Å². The first kappa shape index (κ1) is 75.9. The Hall–Kier alpha value is -2.11. The van der Waals surface area contributed by atoms with Gasteiger partial charge >= 0.3 is 17.9 Å². The molecule has 6 nitrogen and oxygen atoms in total. The molecule has 0 aromatic rings. The third-order valence-electron chi connectivity index (χ3n) is 16.2. The topological polar surface area (TPSA) is 78.9 Å². The Kier molecular flexibility index (Phi) is 65.6. The fraction of sp³-hybridized carbons (Fsp3) is 0.903. The van der Waals surface area contributed by atoms with Gasteiger partial charge in [-0.3, -0.25) is 14.4 Å². The van der Waals surface area contributed by atoms with Crippen molar-refractivity contribution < 1.29 is 28.6 Å². The van der Waals surface area contributed by atoms with Gasteiger partial charge in [-0.15, -0.1) is 0 Å². The zero-order chi connectivity index (χ0) is 56.4. The lowest BCUT2D eigenvalue weighted by Gasteiger charge is -2.18. The maximum absolute atomic E-state index is 12.9. The van der Waals surface area contributed by atoms with E-state index < -0.39 is 6.10 Å². The van der Waals surface area contributed by atoms with E-state index >= 15 is 0 Å². The number of carbonyl (C=O) groups excluding carboxylic acids is 3. The molecular formula is C72H136O6. The van der Waals surface area contributed by atoms with Crippen molar-refractivity contribution in [3.05, 3.63) is 24.3 Å². The van der Waals surface area contributed by atoms with Gasteiger partial charge in [0.05, 0.1) is 0 Å². The largest absolute Gasteiger partial charge is 0.462 e. The van der Waals surface area contributed by atoms with Crippen molar-refractivity contribution in [2.24, 2.45) is 0 Å². The maximum Gasteiger partial charge on any atom is 0.306 e. The molecule has 0 radical (unpaired) electrons. The van der Waals surface area contributed by atoms with Gasteiger partial charge in [0.25, 0.3) is 0 Å². The number of hydrogen-bond acceptors (Lipinski definition) is 6. The van der Waals surface area contributed by atoms with Crippen LogP contribution >= 0.6 is 0 Å². The SMILES string of the molecule is CCCCC/C=C\C/C=C\CCCCCCCCCC(=O)OCC(COC(=O)CCCCCCCCCCCCCCCCCCCCCCCCCCC)OC(=O)CCCCCCCCCCCCCCCCCCCC. The zero-order valence-electron chi connectivity index (χ0n) is 53.0. The second-order valence-electron chi connectivity index (χ2n) is 24.2. The summed E-state index contributed by atoms with van der Waals surface area (Å²) in [5, 5.41) is 0. The molecule has 0 aliphatic carbocycles. The summed E-state index contributed by atoms with van der Waals surface area (Å²) in [5.74, 6) is -0.841. The van der Waals surface area contributed by atoms with Gasteiger partial charge in [0.15, 0.2) is 6.10 Å². The third kappa shape index (κ3) is 64.7. The molecule has 0 amide bonds. The molecule has 0 bridgehead atoms. The van der Waals surface area contributed by atoms with Crippen LogP contribution in [0.25, 0.3) is 0 Å². The molecule has 0 aliphatic heterocycles. The summed E-state index contributed by atoms with van der Waals surface area (Å²) in [7, 11) is 0. The first-order valence-corrected chi connectivity index (χ1v) is 35.3. The van der Waals surface area contributed by atoms with Crippen LogP contribution in [0.4, 0.5) is 0 Å². The van der Waals surface area contributed by atoms with Crippen LogP contribution in [0.15, 0.2) is 24.3 Å². The number of esters is 3. The smallest absolute Gasteiger partial charge is 0.306 e. The minimum atomic E-state index is -0.771. The van der Waals surface area contributed by atoms with Crippen LogP contribution < -0.4 is 0 Å². The van der Waals surface area contributed by atoms with E-state index in [4.69, 9.17) is 14.2 Å². The number of allylic oxidation sites excluding steroid dienone is 4. The van der Waals surface area contributed by atoms with Gasteiger partial charge in [-0.1, -0.05) is 353 Å². The third-order valence-corrected chi connectivity index (χ3v) is 16.2. The highest BCUT2D eigenvalue weighted by Gasteiger charge is 2.19. The Morgan fingerprint density at radius 1 is 0.256 bits per heavy atom. The van der Waals surface area contributed by atoms with E-state index in [9.17, 15) is 14.4 Å². The maximum atomic E-state index is 12.9. The van der Waals surface area contributed by atoms with E-state index in [1.54, 1.807) is 0 Å². The predicted molar refractivity (Wildman–Crippen MR) is 340 cm³/mol. The molecule has 0 fully saturated rings. The highest BCUT2D eigenvalue weighted by molar-refractivity contribution is 5.71. The van der Waals surface area contributed by atoms with Crippen molar-refractivity contribution in [1.82, 2.24) is 0 Å². The Morgan fingerprint density at radius 2 is 0.462 bits per heavy atom. The van der Waals surface area contributed by atoms with Crippen LogP contribution in [-0.2, 0) is 28.6 Å². The Labute approximate surface area is 487 Å². The average molecular weight is 1100 g/mol. The van der Waals surface area contributed by atoms with Crippen LogP contribution in [0.1, 0.15) is 400 Å². The number of ether oxygens (including phenoxy) is 3. The molecule has 6 heteroatoms. The monoisotopic (exact) mass is 1100 g/mol. The predicted octanol–water partition coefficient (Wildman–Crippen LogP) is 24.2. The van der Waals surface area contributed by atoms with Crippen molar-refractivity contribution in [3.63, 3.8) is 0 Å². The van der Waals surface area contributed by atoms with Crippen LogP contribution in [-0.4, -0.2) is 37.2 Å². The Balaban J connectivity index is 4.26. The first-order valence-electron chi connectivity index (χ1n) is 35.3. The summed E-state index contributed by atoms with van der Waals surface area (Å²) in [5.41, 5.74) is 0. The lowest BCUT2D eigenvalue weighted by atomic mass is 10.0. The van der Waals surface area contributed by atoms with Crippen molar-refractivity contribution in [2.75, 3.05) is 13.2 Å². The van der Waals surface area contributed by atoms with Gasteiger partial charge in [-0.25, -0.2) is 0 Å². The van der Waals surface area contributed by atoms with E-state index in [0.29, 0.717) is 19.3 Å². The molecule has 1 unspecified atom stereocenters. The van der Waals surface area contributed by atoms with Gasteiger partial charge in [0, 0.05) is 19.3 Å². The van der Waals surface area contributed by atoms with E-state index in [2.05, 4.69) is 45.1 Å². The van der Waals surface area contributed by atoms with Crippen LogP contribution in [0, 0.1) is 0 Å². The van der Waals surface area contributed by atoms with Crippen molar-refractivity contribution in [1.29, 1.82) is 0 Å². The summed E-state index contributed by atoms with van der Waals surface area (Å²) < 4.78 is 17.0. The molecule has 0 saturated carbocycles. The fourth-order valence-corrected chi connectivity index (χ4v) is 10.9. The fourth-order valence-electron chi connectivity index (χ4n) is 10.9. The lowest BCUT2D eigenvalue weighted by Crippen LogP contribution is -2.30. The van der Waals surface area contributed by atoms with Gasteiger partial charge in [-0.2, -0.15) is 0 Å². The average Bonchev–Trinajstić information content (AvgIpc) is 3.44.